The number of benzene rings is 1. The number of hydrogen-bond acceptors (Lipinski definition) is 3. The Labute approximate surface area is 105 Å². The maximum atomic E-state index is 12.9. The molecule has 0 atom stereocenters. The third-order valence-corrected chi connectivity index (χ3v) is 2.43. The number of Topliss-reactive ketones (excluding diaryl/α,β-unsaturated/α-hetero) is 1. The van der Waals surface area contributed by atoms with Crippen LogP contribution in [0.1, 0.15) is 26.3 Å². The van der Waals surface area contributed by atoms with Crippen molar-refractivity contribution in [2.24, 2.45) is 0 Å². The summed E-state index contributed by atoms with van der Waals surface area (Å²) in [7, 11) is 1.02. The summed E-state index contributed by atoms with van der Waals surface area (Å²) in [5.41, 5.74) is -1.98. The Bertz CT molecular complexity index is 483. The maximum absolute atomic E-state index is 12.9. The molecule has 1 rings (SSSR count). The van der Waals surface area contributed by atoms with E-state index in [0.29, 0.717) is 6.29 Å². The Balaban J connectivity index is 3.62. The molecule has 0 amide bonds. The Morgan fingerprint density at radius 1 is 1.44 bits per heavy atom. The highest BCUT2D eigenvalue weighted by molar-refractivity contribution is 6.30. The molecule has 3 nitrogen and oxygen atoms in total. The van der Waals surface area contributed by atoms with Crippen LogP contribution in [0.3, 0.4) is 0 Å². The summed E-state index contributed by atoms with van der Waals surface area (Å²) < 4.78 is 43.2. The third-order valence-electron chi connectivity index (χ3n) is 2.19. The van der Waals surface area contributed by atoms with Gasteiger partial charge in [0.25, 0.3) is 0 Å². The van der Waals surface area contributed by atoms with Crippen molar-refractivity contribution in [3.63, 3.8) is 0 Å². The van der Waals surface area contributed by atoms with E-state index in [-0.39, 0.29) is 5.56 Å². The highest BCUT2D eigenvalue weighted by Crippen LogP contribution is 2.39. The van der Waals surface area contributed by atoms with Crippen LogP contribution in [0, 0.1) is 0 Å². The van der Waals surface area contributed by atoms with E-state index in [4.69, 9.17) is 11.6 Å². The summed E-state index contributed by atoms with van der Waals surface area (Å²) >= 11 is 5.25. The summed E-state index contributed by atoms with van der Waals surface area (Å²) in [6.07, 6.45) is -4.45. The van der Waals surface area contributed by atoms with Crippen LogP contribution in [-0.4, -0.2) is 25.1 Å². The van der Waals surface area contributed by atoms with Gasteiger partial charge in [0.2, 0.25) is 0 Å². The summed E-state index contributed by atoms with van der Waals surface area (Å²) in [6.45, 7) is 0. The smallest absolute Gasteiger partial charge is 0.420 e. The molecule has 0 heterocycles. The van der Waals surface area contributed by atoms with Crippen molar-refractivity contribution in [1.29, 1.82) is 0 Å². The summed E-state index contributed by atoms with van der Waals surface area (Å²) in [6, 6.07) is 1.77. The highest BCUT2D eigenvalue weighted by Gasteiger charge is 2.39. The molecule has 0 unspecified atom stereocenters. The first-order valence-electron chi connectivity index (χ1n) is 4.68. The number of aldehydes is 1. The lowest BCUT2D eigenvalue weighted by Gasteiger charge is -2.16. The lowest BCUT2D eigenvalue weighted by atomic mass is 9.99. The fourth-order valence-electron chi connectivity index (χ4n) is 1.45. The van der Waals surface area contributed by atoms with E-state index in [1.807, 2.05) is 0 Å². The van der Waals surface area contributed by atoms with Crippen molar-refractivity contribution in [1.82, 2.24) is 0 Å². The van der Waals surface area contributed by atoms with Gasteiger partial charge in [-0.3, -0.25) is 9.59 Å². The number of carbonyl (C=O) groups excluding carboxylic acids is 2. The predicted octanol–water partition coefficient (Wildman–Crippen LogP) is 2.95. The number of carbonyl (C=O) groups is 2. The second-order valence-corrected chi connectivity index (χ2v) is 3.59. The molecule has 0 aliphatic rings. The second kappa shape index (κ2) is 5.39. The van der Waals surface area contributed by atoms with E-state index in [0.717, 1.165) is 19.2 Å². The fourth-order valence-corrected chi connectivity index (χ4v) is 1.59. The van der Waals surface area contributed by atoms with E-state index < -0.39 is 34.7 Å². The molecule has 0 fully saturated rings. The van der Waals surface area contributed by atoms with Crippen LogP contribution >= 0.6 is 11.6 Å². The average Bonchev–Trinajstić information content (AvgIpc) is 2.34. The average molecular weight is 281 g/mol. The fraction of sp³-hybridized carbons (Fsp3) is 0.273. The minimum atomic E-state index is -4.77. The molecule has 98 valence electrons. The van der Waals surface area contributed by atoms with Crippen molar-refractivity contribution in [3.8, 4) is 5.75 Å². The first-order valence-corrected chi connectivity index (χ1v) is 5.22. The van der Waals surface area contributed by atoms with Gasteiger partial charge >= 0.3 is 6.18 Å². The Kier molecular flexibility index (Phi) is 4.34. The van der Waals surface area contributed by atoms with Gasteiger partial charge < -0.3 is 4.74 Å². The largest absolute Gasteiger partial charge is 0.496 e. The molecule has 1 aromatic carbocycles. The Morgan fingerprint density at radius 3 is 2.44 bits per heavy atom. The van der Waals surface area contributed by atoms with Crippen LogP contribution in [0.4, 0.5) is 13.2 Å². The standard InChI is InChI=1S/C11H8ClF3O3/c1-18-9-3-6(5-16)2-7(8(17)4-12)10(9)11(13,14)15/h2-3,5H,4H2,1H3. The monoisotopic (exact) mass is 280 g/mol. The van der Waals surface area contributed by atoms with Gasteiger partial charge in [0.05, 0.1) is 13.0 Å². The number of rotatable bonds is 4. The molecule has 0 radical (unpaired) electrons. The Morgan fingerprint density at radius 2 is 2.06 bits per heavy atom. The zero-order valence-corrected chi connectivity index (χ0v) is 9.93. The number of ketones is 1. The van der Waals surface area contributed by atoms with Crippen molar-refractivity contribution in [3.05, 3.63) is 28.8 Å². The molecule has 1 aromatic rings. The molecule has 0 N–H and O–H groups in total. The molecule has 0 spiro atoms. The lowest BCUT2D eigenvalue weighted by Crippen LogP contribution is -2.16. The molecule has 0 saturated heterocycles. The van der Waals surface area contributed by atoms with E-state index in [9.17, 15) is 22.8 Å². The van der Waals surface area contributed by atoms with Crippen LogP contribution in [0.5, 0.6) is 5.75 Å². The summed E-state index contributed by atoms with van der Waals surface area (Å²) in [4.78, 5) is 22.0. The third kappa shape index (κ3) is 2.81. The number of ether oxygens (including phenoxy) is 1. The summed E-state index contributed by atoms with van der Waals surface area (Å²) in [5.74, 6) is -2.12. The van der Waals surface area contributed by atoms with E-state index in [2.05, 4.69) is 4.74 Å². The molecule has 0 saturated carbocycles. The molecule has 0 bridgehead atoms. The maximum Gasteiger partial charge on any atom is 0.420 e. The van der Waals surface area contributed by atoms with Gasteiger partial charge in [-0.25, -0.2) is 0 Å². The van der Waals surface area contributed by atoms with Gasteiger partial charge in [0.15, 0.2) is 5.78 Å². The SMILES string of the molecule is COc1cc(C=O)cc(C(=O)CCl)c1C(F)(F)F. The number of hydrogen-bond donors (Lipinski definition) is 0. The van der Waals surface area contributed by atoms with Crippen LogP contribution in [0.25, 0.3) is 0 Å². The zero-order chi connectivity index (χ0) is 13.9. The van der Waals surface area contributed by atoms with Crippen LogP contribution < -0.4 is 4.74 Å². The molecular formula is C11H8ClF3O3. The second-order valence-electron chi connectivity index (χ2n) is 3.32. The topological polar surface area (TPSA) is 43.4 Å². The molecule has 0 aliphatic heterocycles. The number of methoxy groups -OCH3 is 1. The van der Waals surface area contributed by atoms with Gasteiger partial charge in [0.1, 0.15) is 17.6 Å². The molecule has 18 heavy (non-hydrogen) atoms. The Hall–Kier alpha value is -1.56. The highest BCUT2D eigenvalue weighted by atomic mass is 35.5. The van der Waals surface area contributed by atoms with Crippen molar-refractivity contribution in [2.75, 3.05) is 13.0 Å². The molecule has 0 aromatic heterocycles. The molecule has 0 aliphatic carbocycles. The van der Waals surface area contributed by atoms with Gasteiger partial charge in [-0.2, -0.15) is 13.2 Å². The van der Waals surface area contributed by atoms with Gasteiger partial charge in [0, 0.05) is 11.1 Å². The van der Waals surface area contributed by atoms with Crippen LogP contribution in [0.15, 0.2) is 12.1 Å². The van der Waals surface area contributed by atoms with Gasteiger partial charge in [-0.05, 0) is 12.1 Å². The quantitative estimate of drug-likeness (QED) is 0.484. The van der Waals surface area contributed by atoms with E-state index in [1.165, 1.54) is 0 Å². The number of halogens is 4. The minimum Gasteiger partial charge on any atom is -0.496 e. The lowest BCUT2D eigenvalue weighted by molar-refractivity contribution is -0.139. The molecule has 7 heteroatoms. The van der Waals surface area contributed by atoms with Gasteiger partial charge in [-0.1, -0.05) is 0 Å². The first kappa shape index (κ1) is 14.5. The minimum absolute atomic E-state index is 0.0895. The number of alkyl halides is 4. The van der Waals surface area contributed by atoms with E-state index >= 15 is 0 Å². The van der Waals surface area contributed by atoms with Crippen LogP contribution in [-0.2, 0) is 6.18 Å². The van der Waals surface area contributed by atoms with E-state index in [1.54, 1.807) is 0 Å². The van der Waals surface area contributed by atoms with Crippen LogP contribution in [0.2, 0.25) is 0 Å². The normalized spacial score (nSPS) is 11.2. The zero-order valence-electron chi connectivity index (χ0n) is 9.18. The van der Waals surface area contributed by atoms with Crippen molar-refractivity contribution in [2.45, 2.75) is 6.18 Å². The molecular weight excluding hydrogens is 273 g/mol. The van der Waals surface area contributed by atoms with Gasteiger partial charge in [-0.15, -0.1) is 11.6 Å². The summed E-state index contributed by atoms with van der Waals surface area (Å²) in [5, 5.41) is 0. The predicted molar refractivity (Wildman–Crippen MR) is 58.4 cm³/mol. The van der Waals surface area contributed by atoms with Crippen molar-refractivity contribution < 1.29 is 27.5 Å². The van der Waals surface area contributed by atoms with Crippen molar-refractivity contribution >= 4 is 23.7 Å². The first-order chi connectivity index (χ1) is 8.35.